The Morgan fingerprint density at radius 3 is 2.69 bits per heavy atom. The molecule has 126 valence electrons. The molecule has 0 unspecified atom stereocenters. The number of imidazole rings is 1. The molecule has 0 aliphatic carbocycles. The second-order valence-corrected chi connectivity index (χ2v) is 8.41. The number of aromatic nitrogens is 2. The molecule has 0 saturated carbocycles. The number of nitrogens with zero attached hydrogens (tertiary/aromatic N) is 2. The first-order chi connectivity index (χ1) is 12.7. The molecule has 2 heterocycles. The highest BCUT2D eigenvalue weighted by Crippen LogP contribution is 2.35. The van der Waals surface area contributed by atoms with Gasteiger partial charge >= 0.3 is 0 Å². The molecule has 0 spiro atoms. The number of fused-ring (bicyclic) bond motifs is 1. The molecule has 0 radical (unpaired) electrons. The molecule has 0 aliphatic rings. The van der Waals surface area contributed by atoms with Crippen LogP contribution in [0.25, 0.3) is 22.7 Å². The second-order valence-electron chi connectivity index (χ2n) is 5.49. The maximum atomic E-state index is 9.54. The Morgan fingerprint density at radius 2 is 1.92 bits per heavy atom. The second kappa shape index (κ2) is 7.38. The maximum Gasteiger partial charge on any atom is 0.149 e. The number of hydrogen-bond donors (Lipinski definition) is 1. The number of benzene rings is 2. The van der Waals surface area contributed by atoms with E-state index in [1.54, 1.807) is 23.1 Å². The van der Waals surface area contributed by atoms with Crippen LogP contribution in [-0.2, 0) is 0 Å². The van der Waals surface area contributed by atoms with Crippen LogP contribution < -0.4 is 0 Å². The summed E-state index contributed by atoms with van der Waals surface area (Å²) >= 11 is 9.24. The van der Waals surface area contributed by atoms with Gasteiger partial charge in [-0.1, -0.05) is 35.5 Å². The number of thiophene rings is 1. The molecule has 0 fully saturated rings. The monoisotopic (exact) mass is 393 g/mol. The summed E-state index contributed by atoms with van der Waals surface area (Å²) in [5.41, 5.74) is 2.30. The SMILES string of the molecule is N#CC(=Cc1ccc(Sc2ccc(Cl)cc2)s1)c1nc2ccccc2[nH]1. The normalized spacial score (nSPS) is 11.6. The topological polar surface area (TPSA) is 52.5 Å². The van der Waals surface area contributed by atoms with Gasteiger partial charge in [-0.05, 0) is 54.6 Å². The van der Waals surface area contributed by atoms with Crippen LogP contribution in [0.2, 0.25) is 5.02 Å². The van der Waals surface area contributed by atoms with Gasteiger partial charge in [0, 0.05) is 14.8 Å². The standard InChI is InChI=1S/C20H12ClN3S2/c21-14-5-7-15(8-6-14)25-19-10-9-16(26-19)11-13(12-22)20-23-17-3-1-2-4-18(17)24-20/h1-11H,(H,23,24). The van der Waals surface area contributed by atoms with Crippen LogP contribution in [0.5, 0.6) is 0 Å². The van der Waals surface area contributed by atoms with Gasteiger partial charge in [-0.25, -0.2) is 4.98 Å². The third kappa shape index (κ3) is 3.68. The number of hydrogen-bond acceptors (Lipinski definition) is 4. The van der Waals surface area contributed by atoms with Gasteiger partial charge in [0.15, 0.2) is 0 Å². The Morgan fingerprint density at radius 1 is 1.12 bits per heavy atom. The molecule has 0 bridgehead atoms. The zero-order valence-electron chi connectivity index (χ0n) is 13.4. The summed E-state index contributed by atoms with van der Waals surface area (Å²) in [5.74, 6) is 0.592. The first-order valence-electron chi connectivity index (χ1n) is 7.81. The number of rotatable bonds is 4. The summed E-state index contributed by atoms with van der Waals surface area (Å²) in [5, 5.41) is 10.3. The van der Waals surface area contributed by atoms with Crippen molar-refractivity contribution < 1.29 is 0 Å². The average Bonchev–Trinajstić information content (AvgIpc) is 3.28. The van der Waals surface area contributed by atoms with E-state index in [1.807, 2.05) is 60.7 Å². The van der Waals surface area contributed by atoms with Crippen LogP contribution in [0.1, 0.15) is 10.7 Å². The summed E-state index contributed by atoms with van der Waals surface area (Å²) in [6.07, 6.45) is 1.87. The Labute approximate surface area is 164 Å². The van der Waals surface area contributed by atoms with Crippen LogP contribution in [0, 0.1) is 11.3 Å². The zero-order valence-corrected chi connectivity index (χ0v) is 15.8. The van der Waals surface area contributed by atoms with Gasteiger partial charge in [-0.15, -0.1) is 11.3 Å². The Kier molecular flexibility index (Phi) is 4.81. The van der Waals surface area contributed by atoms with E-state index in [4.69, 9.17) is 11.6 Å². The smallest absolute Gasteiger partial charge is 0.149 e. The van der Waals surface area contributed by atoms with E-state index in [1.165, 1.54) is 0 Å². The summed E-state index contributed by atoms with van der Waals surface area (Å²) in [4.78, 5) is 9.85. The highest BCUT2D eigenvalue weighted by molar-refractivity contribution is 8.01. The van der Waals surface area contributed by atoms with Gasteiger partial charge in [0.05, 0.1) is 20.8 Å². The maximum absolute atomic E-state index is 9.54. The minimum absolute atomic E-state index is 0.520. The van der Waals surface area contributed by atoms with Gasteiger partial charge in [0.25, 0.3) is 0 Å². The Balaban J connectivity index is 1.59. The van der Waals surface area contributed by atoms with Crippen molar-refractivity contribution >= 4 is 57.4 Å². The molecule has 2 aromatic carbocycles. The van der Waals surface area contributed by atoms with Crippen molar-refractivity contribution in [1.29, 1.82) is 5.26 Å². The van der Waals surface area contributed by atoms with E-state index in [0.717, 1.165) is 30.0 Å². The molecular formula is C20H12ClN3S2. The first kappa shape index (κ1) is 16.9. The summed E-state index contributed by atoms with van der Waals surface area (Å²) in [7, 11) is 0. The fraction of sp³-hybridized carbons (Fsp3) is 0. The number of H-pyrrole nitrogens is 1. The lowest BCUT2D eigenvalue weighted by atomic mass is 10.2. The number of para-hydroxylation sites is 2. The van der Waals surface area contributed by atoms with Crippen LogP contribution >= 0.6 is 34.7 Å². The van der Waals surface area contributed by atoms with Crippen LogP contribution in [0.3, 0.4) is 0 Å². The summed E-state index contributed by atoms with van der Waals surface area (Å²) in [6.45, 7) is 0. The van der Waals surface area contributed by atoms with Gasteiger partial charge in [-0.3, -0.25) is 0 Å². The number of aromatic amines is 1. The van der Waals surface area contributed by atoms with Crippen molar-refractivity contribution in [3.8, 4) is 6.07 Å². The molecule has 0 saturated heterocycles. The van der Waals surface area contributed by atoms with Crippen molar-refractivity contribution in [2.45, 2.75) is 9.10 Å². The highest BCUT2D eigenvalue weighted by atomic mass is 35.5. The minimum atomic E-state index is 0.520. The lowest BCUT2D eigenvalue weighted by Crippen LogP contribution is -1.83. The molecule has 0 atom stereocenters. The number of halogens is 1. The van der Waals surface area contributed by atoms with Crippen LogP contribution in [0.4, 0.5) is 0 Å². The van der Waals surface area contributed by atoms with Crippen molar-refractivity contribution in [3.05, 3.63) is 76.4 Å². The van der Waals surface area contributed by atoms with E-state index >= 15 is 0 Å². The molecule has 2 aromatic heterocycles. The first-order valence-corrected chi connectivity index (χ1v) is 9.82. The number of nitrogens with one attached hydrogen (secondary N) is 1. The molecule has 4 aromatic rings. The minimum Gasteiger partial charge on any atom is -0.337 e. The molecule has 3 nitrogen and oxygen atoms in total. The third-order valence-electron chi connectivity index (χ3n) is 3.69. The molecule has 0 aliphatic heterocycles. The van der Waals surface area contributed by atoms with Crippen LogP contribution in [-0.4, -0.2) is 9.97 Å². The van der Waals surface area contributed by atoms with Crippen molar-refractivity contribution in [1.82, 2.24) is 9.97 Å². The van der Waals surface area contributed by atoms with Gasteiger partial charge in [-0.2, -0.15) is 5.26 Å². The van der Waals surface area contributed by atoms with Gasteiger partial charge in [0.2, 0.25) is 0 Å². The van der Waals surface area contributed by atoms with E-state index in [9.17, 15) is 5.26 Å². The lowest BCUT2D eigenvalue weighted by molar-refractivity contribution is 1.27. The Bertz CT molecular complexity index is 1100. The largest absolute Gasteiger partial charge is 0.337 e. The van der Waals surface area contributed by atoms with Gasteiger partial charge in [0.1, 0.15) is 11.9 Å². The third-order valence-corrected chi connectivity index (χ3v) is 6.11. The average molecular weight is 394 g/mol. The van der Waals surface area contributed by atoms with Crippen LogP contribution in [0.15, 0.2) is 69.8 Å². The molecular weight excluding hydrogens is 382 g/mol. The lowest BCUT2D eigenvalue weighted by Gasteiger charge is -1.97. The molecule has 1 N–H and O–H groups in total. The predicted octanol–water partition coefficient (Wildman–Crippen LogP) is 6.49. The predicted molar refractivity (Wildman–Crippen MR) is 109 cm³/mol. The van der Waals surface area contributed by atoms with Gasteiger partial charge < -0.3 is 4.98 Å². The Hall–Kier alpha value is -2.52. The van der Waals surface area contributed by atoms with E-state index < -0.39 is 0 Å². The zero-order chi connectivity index (χ0) is 17.9. The molecule has 0 amide bonds. The highest BCUT2D eigenvalue weighted by Gasteiger charge is 2.09. The van der Waals surface area contributed by atoms with Crippen molar-refractivity contribution in [2.75, 3.05) is 0 Å². The van der Waals surface area contributed by atoms with Crippen molar-refractivity contribution in [3.63, 3.8) is 0 Å². The van der Waals surface area contributed by atoms with E-state index in [0.29, 0.717) is 11.4 Å². The molecule has 26 heavy (non-hydrogen) atoms. The number of allylic oxidation sites excluding steroid dienone is 1. The fourth-order valence-corrected chi connectivity index (χ4v) is 4.65. The van der Waals surface area contributed by atoms with E-state index in [2.05, 4.69) is 22.1 Å². The van der Waals surface area contributed by atoms with Crippen molar-refractivity contribution in [2.24, 2.45) is 0 Å². The summed E-state index contributed by atoms with van der Waals surface area (Å²) in [6, 6.07) is 21.8. The molecule has 6 heteroatoms. The fourth-order valence-electron chi connectivity index (χ4n) is 2.46. The quantitative estimate of drug-likeness (QED) is 0.403. The summed E-state index contributed by atoms with van der Waals surface area (Å²) < 4.78 is 1.15. The molecule has 4 rings (SSSR count). The number of nitriles is 1. The van der Waals surface area contributed by atoms with E-state index in [-0.39, 0.29) is 0 Å².